The molecular formula is C33H34FN5O5S. The number of carbonyl (C=O) groups excluding carboxylic acids is 1. The number of aromatic amines is 1. The van der Waals surface area contributed by atoms with Crippen LogP contribution in [-0.4, -0.2) is 59.2 Å². The molecule has 1 fully saturated rings. The third-order valence-electron chi connectivity index (χ3n) is 8.17. The molecule has 45 heavy (non-hydrogen) atoms. The fourth-order valence-corrected chi connectivity index (χ4v) is 6.72. The molecule has 0 spiro atoms. The Kier molecular flexibility index (Phi) is 8.10. The summed E-state index contributed by atoms with van der Waals surface area (Å²) in [5.41, 5.74) is 10.2. The summed E-state index contributed by atoms with van der Waals surface area (Å²) in [7, 11) is -3.23. The van der Waals surface area contributed by atoms with E-state index in [-0.39, 0.29) is 28.8 Å². The maximum Gasteiger partial charge on any atom is 0.214 e. The van der Waals surface area contributed by atoms with E-state index in [0.717, 1.165) is 27.8 Å². The van der Waals surface area contributed by atoms with Gasteiger partial charge in [-0.2, -0.15) is 5.10 Å². The van der Waals surface area contributed by atoms with Gasteiger partial charge in [0.25, 0.3) is 0 Å². The van der Waals surface area contributed by atoms with Gasteiger partial charge in [0, 0.05) is 24.0 Å². The first kappa shape index (κ1) is 30.4. The molecule has 3 heterocycles. The first-order chi connectivity index (χ1) is 21.5. The van der Waals surface area contributed by atoms with Gasteiger partial charge in [0.15, 0.2) is 11.6 Å². The first-order valence-electron chi connectivity index (χ1n) is 14.7. The van der Waals surface area contributed by atoms with Crippen molar-refractivity contribution < 1.29 is 27.1 Å². The minimum atomic E-state index is -3.23. The van der Waals surface area contributed by atoms with Crippen molar-refractivity contribution in [1.29, 1.82) is 0 Å². The number of nitrogens with one attached hydrogen (secondary N) is 1. The highest BCUT2D eigenvalue weighted by Crippen LogP contribution is 2.38. The molecule has 0 aliphatic carbocycles. The van der Waals surface area contributed by atoms with Crippen molar-refractivity contribution in [2.75, 3.05) is 31.7 Å². The molecule has 1 aliphatic heterocycles. The number of piperidine rings is 1. The summed E-state index contributed by atoms with van der Waals surface area (Å²) >= 11 is 0. The van der Waals surface area contributed by atoms with Crippen molar-refractivity contribution >= 4 is 32.5 Å². The van der Waals surface area contributed by atoms with Crippen molar-refractivity contribution in [3.63, 3.8) is 0 Å². The predicted octanol–water partition coefficient (Wildman–Crippen LogP) is 5.94. The Morgan fingerprint density at radius 2 is 1.84 bits per heavy atom. The number of carbonyl (C=O) groups is 1. The van der Waals surface area contributed by atoms with Crippen LogP contribution in [-0.2, 0) is 10.0 Å². The Labute approximate surface area is 260 Å². The summed E-state index contributed by atoms with van der Waals surface area (Å²) in [4.78, 5) is 16.9. The van der Waals surface area contributed by atoms with Gasteiger partial charge in [0.05, 0.1) is 36.0 Å². The molecule has 2 aromatic heterocycles. The number of ether oxygens (including phenoxy) is 2. The Balaban J connectivity index is 1.26. The Bertz CT molecular complexity index is 2010. The van der Waals surface area contributed by atoms with E-state index < -0.39 is 15.8 Å². The number of para-hydroxylation sites is 1. The van der Waals surface area contributed by atoms with Crippen LogP contribution in [0.3, 0.4) is 0 Å². The van der Waals surface area contributed by atoms with E-state index in [4.69, 9.17) is 15.2 Å². The number of H-pyrrole nitrogens is 1. The number of fused-ring (bicyclic) bond motifs is 1. The molecule has 5 aromatic rings. The molecular weight excluding hydrogens is 597 g/mol. The fraction of sp³-hybridized carbons (Fsp3) is 0.273. The van der Waals surface area contributed by atoms with E-state index in [9.17, 15) is 17.6 Å². The van der Waals surface area contributed by atoms with E-state index in [1.54, 1.807) is 42.5 Å². The van der Waals surface area contributed by atoms with Crippen molar-refractivity contribution in [1.82, 2.24) is 19.1 Å². The zero-order valence-corrected chi connectivity index (χ0v) is 26.0. The molecule has 0 atom stereocenters. The molecule has 0 amide bonds. The Hall–Kier alpha value is -4.68. The number of benzene rings is 3. The first-order valence-corrected chi connectivity index (χ1v) is 16.5. The highest BCUT2D eigenvalue weighted by atomic mass is 32.2. The van der Waals surface area contributed by atoms with E-state index in [1.807, 2.05) is 26.0 Å². The molecule has 10 nitrogen and oxygen atoms in total. The minimum absolute atomic E-state index is 0.118. The van der Waals surface area contributed by atoms with Gasteiger partial charge in [-0.3, -0.25) is 4.79 Å². The normalized spacial score (nSPS) is 14.6. The van der Waals surface area contributed by atoms with Gasteiger partial charge in [0.1, 0.15) is 17.3 Å². The molecule has 234 valence electrons. The fourth-order valence-electron chi connectivity index (χ4n) is 5.85. The standard InChI is InChI=1S/C33H34FN5O5S/c1-4-43-31-17-22-16-28(37-27(22)18-24(31)21-11-13-38(14-12-21)45(3,41)42)32(40)25-19-36-39(33(25)35)29-10-9-23(15-20(29)2)44-30-8-6-5-7-26(30)34/h5-10,15-19,21,37H,4,11-14,35H2,1-3H3. The van der Waals surface area contributed by atoms with Crippen LogP contribution in [0.4, 0.5) is 10.2 Å². The smallest absolute Gasteiger partial charge is 0.214 e. The molecule has 1 aliphatic rings. The Morgan fingerprint density at radius 1 is 1.09 bits per heavy atom. The molecule has 0 unspecified atom stereocenters. The lowest BCUT2D eigenvalue weighted by Gasteiger charge is -2.31. The maximum atomic E-state index is 14.1. The van der Waals surface area contributed by atoms with Crippen molar-refractivity contribution in [3.05, 3.63) is 95.1 Å². The van der Waals surface area contributed by atoms with Crippen LogP contribution >= 0.6 is 0 Å². The Morgan fingerprint density at radius 3 is 2.53 bits per heavy atom. The lowest BCUT2D eigenvalue weighted by molar-refractivity contribution is 0.103. The summed E-state index contributed by atoms with van der Waals surface area (Å²) < 4.78 is 52.7. The molecule has 0 saturated carbocycles. The molecule has 1 saturated heterocycles. The summed E-state index contributed by atoms with van der Waals surface area (Å²) in [6, 6.07) is 17.1. The monoisotopic (exact) mass is 631 g/mol. The minimum Gasteiger partial charge on any atom is -0.494 e. The summed E-state index contributed by atoms with van der Waals surface area (Å²) in [6.45, 7) is 5.14. The van der Waals surface area contributed by atoms with Crippen LogP contribution in [0.2, 0.25) is 0 Å². The molecule has 12 heteroatoms. The zero-order chi connectivity index (χ0) is 31.9. The number of ketones is 1. The number of sulfonamides is 1. The second-order valence-electron chi connectivity index (χ2n) is 11.2. The van der Waals surface area contributed by atoms with Gasteiger partial charge in [0.2, 0.25) is 15.8 Å². The van der Waals surface area contributed by atoms with E-state index in [1.165, 1.54) is 27.5 Å². The number of halogens is 1. The van der Waals surface area contributed by atoms with Crippen molar-refractivity contribution in [2.45, 2.75) is 32.6 Å². The summed E-state index contributed by atoms with van der Waals surface area (Å²) in [6.07, 6.45) is 4.03. The average molecular weight is 632 g/mol. The highest BCUT2D eigenvalue weighted by molar-refractivity contribution is 7.88. The highest BCUT2D eigenvalue weighted by Gasteiger charge is 2.28. The van der Waals surface area contributed by atoms with E-state index in [2.05, 4.69) is 10.1 Å². The second kappa shape index (κ2) is 12.0. The zero-order valence-electron chi connectivity index (χ0n) is 25.2. The largest absolute Gasteiger partial charge is 0.494 e. The predicted molar refractivity (Wildman–Crippen MR) is 170 cm³/mol. The van der Waals surface area contributed by atoms with Gasteiger partial charge in [-0.15, -0.1) is 0 Å². The van der Waals surface area contributed by atoms with E-state index in [0.29, 0.717) is 49.7 Å². The maximum absolute atomic E-state index is 14.1. The molecule has 0 bridgehead atoms. The number of aromatic nitrogens is 3. The van der Waals surface area contributed by atoms with Crippen LogP contribution in [0.25, 0.3) is 16.6 Å². The number of nitrogen functional groups attached to an aromatic ring is 1. The van der Waals surface area contributed by atoms with Crippen LogP contribution in [0.5, 0.6) is 17.2 Å². The quantitative estimate of drug-likeness (QED) is 0.192. The van der Waals surface area contributed by atoms with Gasteiger partial charge >= 0.3 is 0 Å². The number of hydrogen-bond donors (Lipinski definition) is 2. The number of anilines is 1. The average Bonchev–Trinajstić information content (AvgIpc) is 3.60. The molecule has 0 radical (unpaired) electrons. The second-order valence-corrected chi connectivity index (χ2v) is 13.2. The number of nitrogens with two attached hydrogens (primary N) is 1. The van der Waals surface area contributed by atoms with Gasteiger partial charge in [-0.1, -0.05) is 12.1 Å². The molecule has 3 aromatic carbocycles. The van der Waals surface area contributed by atoms with E-state index >= 15 is 0 Å². The molecule has 3 N–H and O–H groups in total. The van der Waals surface area contributed by atoms with Crippen molar-refractivity contribution in [3.8, 4) is 22.9 Å². The number of hydrogen-bond acceptors (Lipinski definition) is 7. The number of aryl methyl sites for hydroxylation is 1. The van der Waals surface area contributed by atoms with Gasteiger partial charge < -0.3 is 20.2 Å². The summed E-state index contributed by atoms with van der Waals surface area (Å²) in [5, 5.41) is 5.21. The lowest BCUT2D eigenvalue weighted by atomic mass is 9.89. The number of nitrogens with zero attached hydrogens (tertiary/aromatic N) is 3. The van der Waals surface area contributed by atoms with Crippen molar-refractivity contribution in [2.24, 2.45) is 0 Å². The number of rotatable bonds is 9. The van der Waals surface area contributed by atoms with Crippen LogP contribution in [0, 0.1) is 12.7 Å². The topological polar surface area (TPSA) is 133 Å². The lowest BCUT2D eigenvalue weighted by Crippen LogP contribution is -2.37. The van der Waals surface area contributed by atoms with Gasteiger partial charge in [-0.05, 0) is 92.3 Å². The third-order valence-corrected chi connectivity index (χ3v) is 9.47. The van der Waals surface area contributed by atoms with Crippen LogP contribution < -0.4 is 15.2 Å². The molecule has 6 rings (SSSR count). The van der Waals surface area contributed by atoms with Gasteiger partial charge in [-0.25, -0.2) is 21.8 Å². The third kappa shape index (κ3) is 6.03. The summed E-state index contributed by atoms with van der Waals surface area (Å²) in [5.74, 6) is 0.824. The SMILES string of the molecule is CCOc1cc2cc(C(=O)c3cnn(-c4ccc(Oc5ccccc5F)cc4C)c3N)[nH]c2cc1C1CCN(S(C)(=O)=O)CC1. The van der Waals surface area contributed by atoms with Crippen LogP contribution in [0.1, 0.15) is 52.9 Å². The van der Waals surface area contributed by atoms with Crippen LogP contribution in [0.15, 0.2) is 66.9 Å².